The van der Waals surface area contributed by atoms with Gasteiger partial charge >= 0.3 is 12.0 Å². The van der Waals surface area contributed by atoms with E-state index in [1.807, 2.05) is 0 Å². The highest BCUT2D eigenvalue weighted by Crippen LogP contribution is 2.24. The van der Waals surface area contributed by atoms with Crippen LogP contribution in [-0.4, -0.2) is 53.3 Å². The highest BCUT2D eigenvalue weighted by molar-refractivity contribution is 6.22. The highest BCUT2D eigenvalue weighted by Gasteiger charge is 2.35. The molecule has 9 heteroatoms. The Morgan fingerprint density at radius 2 is 1.87 bits per heavy atom. The van der Waals surface area contributed by atoms with Crippen molar-refractivity contribution >= 4 is 29.7 Å². The van der Waals surface area contributed by atoms with E-state index in [9.17, 15) is 24.0 Å². The molecule has 1 aromatic carbocycles. The number of hydrogen-bond donors (Lipinski definition) is 2. The molecule has 1 saturated carbocycles. The first-order valence-electron chi connectivity index (χ1n) is 9.75. The van der Waals surface area contributed by atoms with Crippen LogP contribution in [0, 0.1) is 0 Å². The van der Waals surface area contributed by atoms with Crippen LogP contribution >= 0.6 is 0 Å². The minimum absolute atomic E-state index is 0.0189. The second-order valence-corrected chi connectivity index (χ2v) is 7.26. The molecule has 1 atom stereocenters. The Labute approximate surface area is 173 Å². The van der Waals surface area contributed by atoms with Crippen LogP contribution in [0.5, 0.6) is 0 Å². The molecule has 2 aliphatic rings. The summed E-state index contributed by atoms with van der Waals surface area (Å²) in [7, 11) is 0. The highest BCUT2D eigenvalue weighted by atomic mass is 16.5. The van der Waals surface area contributed by atoms with Gasteiger partial charge in [0.25, 0.3) is 17.7 Å². The Morgan fingerprint density at radius 1 is 1.20 bits per heavy atom. The Bertz CT molecular complexity index is 919. The van der Waals surface area contributed by atoms with Gasteiger partial charge < -0.3 is 10.1 Å². The van der Waals surface area contributed by atoms with Gasteiger partial charge in [0.15, 0.2) is 6.10 Å². The Kier molecular flexibility index (Phi) is 6.29. The summed E-state index contributed by atoms with van der Waals surface area (Å²) in [6, 6.07) is 3.40. The maximum atomic E-state index is 12.4. The summed E-state index contributed by atoms with van der Waals surface area (Å²) in [5.74, 6) is -2.60. The van der Waals surface area contributed by atoms with Crippen molar-refractivity contribution in [1.29, 1.82) is 0 Å². The van der Waals surface area contributed by atoms with E-state index in [1.54, 1.807) is 0 Å². The number of carbonyl (C=O) groups is 5. The molecule has 30 heavy (non-hydrogen) atoms. The lowest BCUT2D eigenvalue weighted by molar-refractivity contribution is -0.127. The van der Waals surface area contributed by atoms with Gasteiger partial charge in [0, 0.05) is 12.6 Å². The van der Waals surface area contributed by atoms with E-state index in [4.69, 9.17) is 4.74 Å². The molecule has 0 aromatic heterocycles. The lowest BCUT2D eigenvalue weighted by Crippen LogP contribution is -2.47. The first-order chi connectivity index (χ1) is 14.3. The molecular weight excluding hydrogens is 390 g/mol. The molecule has 0 radical (unpaired) electrons. The van der Waals surface area contributed by atoms with Gasteiger partial charge in [-0.25, -0.2) is 9.59 Å². The van der Waals surface area contributed by atoms with Crippen molar-refractivity contribution < 1.29 is 28.7 Å². The van der Waals surface area contributed by atoms with E-state index in [0.29, 0.717) is 0 Å². The van der Waals surface area contributed by atoms with Gasteiger partial charge in [0.2, 0.25) is 0 Å². The maximum Gasteiger partial charge on any atom is 0.338 e. The van der Waals surface area contributed by atoms with Crippen molar-refractivity contribution in [2.45, 2.75) is 44.8 Å². The molecular formula is C21H23N3O6. The molecule has 1 aliphatic carbocycles. The molecule has 0 unspecified atom stereocenters. The second kappa shape index (κ2) is 8.89. The molecule has 1 fully saturated rings. The number of amides is 5. The van der Waals surface area contributed by atoms with Gasteiger partial charge in [-0.15, -0.1) is 6.58 Å². The largest absolute Gasteiger partial charge is 0.449 e. The number of rotatable bonds is 6. The fourth-order valence-corrected chi connectivity index (χ4v) is 3.50. The molecule has 1 aromatic rings. The monoisotopic (exact) mass is 413 g/mol. The molecule has 0 saturated heterocycles. The van der Waals surface area contributed by atoms with Crippen LogP contribution in [0.1, 0.15) is 63.7 Å². The van der Waals surface area contributed by atoms with Crippen LogP contribution in [-0.2, 0) is 9.53 Å². The third-order valence-corrected chi connectivity index (χ3v) is 5.10. The first-order valence-corrected chi connectivity index (χ1v) is 9.75. The topological polar surface area (TPSA) is 122 Å². The van der Waals surface area contributed by atoms with E-state index < -0.39 is 35.8 Å². The number of hydrogen-bond acceptors (Lipinski definition) is 6. The summed E-state index contributed by atoms with van der Waals surface area (Å²) in [5.41, 5.74) is 0.294. The third-order valence-electron chi connectivity index (χ3n) is 5.10. The van der Waals surface area contributed by atoms with E-state index in [2.05, 4.69) is 17.2 Å². The van der Waals surface area contributed by atoms with Gasteiger partial charge in [-0.1, -0.05) is 18.9 Å². The van der Waals surface area contributed by atoms with Crippen LogP contribution in [0.2, 0.25) is 0 Å². The third kappa shape index (κ3) is 4.40. The molecule has 3 rings (SSSR count). The molecule has 2 N–H and O–H groups in total. The van der Waals surface area contributed by atoms with E-state index in [1.165, 1.54) is 31.2 Å². The van der Waals surface area contributed by atoms with Crippen molar-refractivity contribution in [1.82, 2.24) is 15.5 Å². The molecule has 5 amide bonds. The zero-order valence-electron chi connectivity index (χ0n) is 16.6. The second-order valence-electron chi connectivity index (χ2n) is 7.26. The standard InChI is InChI=1S/C21H23N3O6/c1-3-10-24-18(26)15-9-8-13(11-16(15)19(24)27)20(28)30-12(2)17(25)23-21(29)22-14-6-4-5-7-14/h3,8-9,11-12,14H,1,4-7,10H2,2H3,(H2,22,23,25,29)/t12-/m0/s1. The minimum atomic E-state index is -1.23. The van der Waals surface area contributed by atoms with Gasteiger partial charge in [0.05, 0.1) is 16.7 Å². The average molecular weight is 413 g/mol. The molecule has 0 bridgehead atoms. The van der Waals surface area contributed by atoms with E-state index in [-0.39, 0.29) is 29.3 Å². The Balaban J connectivity index is 1.60. The van der Waals surface area contributed by atoms with Crippen molar-refractivity contribution in [2.24, 2.45) is 0 Å². The SMILES string of the molecule is C=CCN1C(=O)c2ccc(C(=O)O[C@@H](C)C(=O)NC(=O)NC3CCCC3)cc2C1=O. The fraction of sp³-hybridized carbons (Fsp3) is 0.381. The first kappa shape index (κ1) is 21.2. The van der Waals surface area contributed by atoms with Crippen molar-refractivity contribution in [2.75, 3.05) is 6.54 Å². The van der Waals surface area contributed by atoms with Gasteiger partial charge in [-0.05, 0) is 38.0 Å². The average Bonchev–Trinajstić information content (AvgIpc) is 3.30. The summed E-state index contributed by atoms with van der Waals surface area (Å²) in [5, 5.41) is 4.87. The van der Waals surface area contributed by atoms with Gasteiger partial charge in [-0.2, -0.15) is 0 Å². The van der Waals surface area contributed by atoms with Crippen molar-refractivity contribution in [3.63, 3.8) is 0 Å². The zero-order valence-corrected chi connectivity index (χ0v) is 16.6. The molecule has 0 spiro atoms. The molecule has 1 heterocycles. The smallest absolute Gasteiger partial charge is 0.338 e. The number of urea groups is 1. The normalized spacial score (nSPS) is 16.8. The number of ether oxygens (including phenoxy) is 1. The lowest BCUT2D eigenvalue weighted by Gasteiger charge is -2.15. The quantitative estimate of drug-likeness (QED) is 0.416. The lowest BCUT2D eigenvalue weighted by atomic mass is 10.1. The van der Waals surface area contributed by atoms with Gasteiger partial charge in [0.1, 0.15) is 0 Å². The van der Waals surface area contributed by atoms with Gasteiger partial charge in [-0.3, -0.25) is 24.6 Å². The predicted molar refractivity (Wildman–Crippen MR) is 106 cm³/mol. The minimum Gasteiger partial charge on any atom is -0.449 e. The summed E-state index contributed by atoms with van der Waals surface area (Å²) in [6.07, 6.45) is 4.02. The van der Waals surface area contributed by atoms with Crippen LogP contribution < -0.4 is 10.6 Å². The number of nitrogens with zero attached hydrogens (tertiary/aromatic N) is 1. The van der Waals surface area contributed by atoms with Crippen LogP contribution in [0.4, 0.5) is 4.79 Å². The van der Waals surface area contributed by atoms with Crippen LogP contribution in [0.15, 0.2) is 30.9 Å². The number of benzene rings is 1. The summed E-state index contributed by atoms with van der Waals surface area (Å²) in [6.45, 7) is 4.91. The Morgan fingerprint density at radius 3 is 2.53 bits per heavy atom. The van der Waals surface area contributed by atoms with Crippen LogP contribution in [0.3, 0.4) is 0 Å². The van der Waals surface area contributed by atoms with E-state index >= 15 is 0 Å². The fourth-order valence-electron chi connectivity index (χ4n) is 3.50. The number of esters is 1. The summed E-state index contributed by atoms with van der Waals surface area (Å²) >= 11 is 0. The maximum absolute atomic E-state index is 12.4. The van der Waals surface area contributed by atoms with E-state index in [0.717, 1.165) is 30.6 Å². The predicted octanol–water partition coefficient (Wildman–Crippen LogP) is 1.78. The van der Waals surface area contributed by atoms with Crippen molar-refractivity contribution in [3.8, 4) is 0 Å². The number of nitrogens with one attached hydrogen (secondary N) is 2. The molecule has 9 nitrogen and oxygen atoms in total. The summed E-state index contributed by atoms with van der Waals surface area (Å²) in [4.78, 5) is 62.0. The van der Waals surface area contributed by atoms with Crippen molar-refractivity contribution in [3.05, 3.63) is 47.5 Å². The summed E-state index contributed by atoms with van der Waals surface area (Å²) < 4.78 is 5.11. The van der Waals surface area contributed by atoms with Crippen LogP contribution in [0.25, 0.3) is 0 Å². The number of fused-ring (bicyclic) bond motifs is 1. The molecule has 158 valence electrons. The Hall–Kier alpha value is -3.49. The molecule has 1 aliphatic heterocycles. The zero-order chi connectivity index (χ0) is 21.8. The number of imide groups is 2. The number of carbonyl (C=O) groups excluding carboxylic acids is 5.